The zero-order valence-electron chi connectivity index (χ0n) is 7.33. The van der Waals surface area contributed by atoms with Crippen LogP contribution in [0.4, 0.5) is 0 Å². The Morgan fingerprint density at radius 3 is 2.62 bits per heavy atom. The zero-order valence-corrected chi connectivity index (χ0v) is 8.09. The number of nitrogens with two attached hydrogens (primary N) is 1. The molecule has 0 bridgehead atoms. The molecule has 1 saturated carbocycles. The number of nitrogens with zero attached hydrogens (tertiary/aromatic N) is 2. The van der Waals surface area contributed by atoms with Crippen LogP contribution in [0.2, 0.25) is 5.15 Å². The van der Waals surface area contributed by atoms with Gasteiger partial charge in [-0.3, -0.25) is 4.98 Å². The molecule has 4 heteroatoms. The molecule has 1 aliphatic rings. The van der Waals surface area contributed by atoms with Crippen molar-refractivity contribution in [3.05, 3.63) is 23.2 Å². The Balaban J connectivity index is 2.06. The minimum absolute atomic E-state index is 0.322. The lowest BCUT2D eigenvalue weighted by Gasteiger charge is -2.10. The molecule has 1 aliphatic carbocycles. The smallest absolute Gasteiger partial charge is 0.147 e. The summed E-state index contributed by atoms with van der Waals surface area (Å²) in [5.74, 6) is 0. The van der Waals surface area contributed by atoms with Gasteiger partial charge in [0.05, 0.1) is 18.1 Å². The number of aromatic nitrogens is 2. The molecular weight excluding hydrogens is 186 g/mol. The summed E-state index contributed by atoms with van der Waals surface area (Å²) in [5, 5.41) is 0.446. The molecule has 0 aliphatic heterocycles. The predicted octanol–water partition coefficient (Wildman–Crippen LogP) is 1.41. The minimum atomic E-state index is 0.322. The van der Waals surface area contributed by atoms with Crippen LogP contribution in [0.3, 0.4) is 0 Å². The van der Waals surface area contributed by atoms with Gasteiger partial charge in [0.25, 0.3) is 0 Å². The van der Waals surface area contributed by atoms with E-state index in [0.717, 1.165) is 18.7 Å². The van der Waals surface area contributed by atoms with Crippen LogP contribution in [0.15, 0.2) is 12.4 Å². The first-order valence-electron chi connectivity index (χ1n) is 4.41. The molecule has 13 heavy (non-hydrogen) atoms. The van der Waals surface area contributed by atoms with Crippen molar-refractivity contribution in [3.8, 4) is 0 Å². The highest BCUT2D eigenvalue weighted by Crippen LogP contribution is 2.46. The molecule has 3 nitrogen and oxygen atoms in total. The van der Waals surface area contributed by atoms with Gasteiger partial charge in [-0.25, -0.2) is 4.98 Å². The van der Waals surface area contributed by atoms with Crippen molar-refractivity contribution in [1.29, 1.82) is 0 Å². The fourth-order valence-electron chi connectivity index (χ4n) is 1.44. The first-order valence-corrected chi connectivity index (χ1v) is 4.78. The van der Waals surface area contributed by atoms with Crippen LogP contribution in [0.25, 0.3) is 0 Å². The van der Waals surface area contributed by atoms with E-state index in [2.05, 4.69) is 9.97 Å². The van der Waals surface area contributed by atoms with E-state index in [-0.39, 0.29) is 0 Å². The molecule has 0 saturated heterocycles. The molecule has 2 N–H and O–H groups in total. The van der Waals surface area contributed by atoms with Gasteiger partial charge in [0.1, 0.15) is 5.15 Å². The summed E-state index contributed by atoms with van der Waals surface area (Å²) in [5.41, 5.74) is 6.99. The Labute approximate surface area is 82.3 Å². The first-order chi connectivity index (χ1) is 6.24. The topological polar surface area (TPSA) is 51.8 Å². The van der Waals surface area contributed by atoms with Crippen molar-refractivity contribution < 1.29 is 0 Å². The fraction of sp³-hybridized carbons (Fsp3) is 0.556. The molecule has 0 aromatic carbocycles. The monoisotopic (exact) mass is 197 g/mol. The maximum atomic E-state index is 5.67. The summed E-state index contributed by atoms with van der Waals surface area (Å²) < 4.78 is 0. The van der Waals surface area contributed by atoms with E-state index in [0.29, 0.717) is 10.6 Å². The second-order valence-electron chi connectivity index (χ2n) is 3.71. The lowest BCUT2D eigenvalue weighted by molar-refractivity contribution is 0.513. The van der Waals surface area contributed by atoms with E-state index in [4.69, 9.17) is 17.3 Å². The Morgan fingerprint density at radius 1 is 1.38 bits per heavy atom. The molecule has 1 heterocycles. The average Bonchev–Trinajstić information content (AvgIpc) is 2.90. The Morgan fingerprint density at radius 2 is 2.15 bits per heavy atom. The van der Waals surface area contributed by atoms with Crippen LogP contribution >= 0.6 is 11.6 Å². The highest BCUT2D eigenvalue weighted by atomic mass is 35.5. The first kappa shape index (κ1) is 8.91. The van der Waals surface area contributed by atoms with Crippen molar-refractivity contribution in [2.24, 2.45) is 11.1 Å². The number of hydrogen-bond acceptors (Lipinski definition) is 3. The molecule has 1 aromatic rings. The molecule has 1 aromatic heterocycles. The van der Waals surface area contributed by atoms with Gasteiger partial charge in [-0.2, -0.15) is 0 Å². The molecule has 70 valence electrons. The summed E-state index contributed by atoms with van der Waals surface area (Å²) in [6, 6.07) is 0. The number of hydrogen-bond donors (Lipinski definition) is 1. The van der Waals surface area contributed by atoms with Crippen molar-refractivity contribution in [3.63, 3.8) is 0 Å². The van der Waals surface area contributed by atoms with Crippen molar-refractivity contribution >= 4 is 11.6 Å². The van der Waals surface area contributed by atoms with Gasteiger partial charge in [-0.15, -0.1) is 0 Å². The van der Waals surface area contributed by atoms with E-state index in [9.17, 15) is 0 Å². The second kappa shape index (κ2) is 3.24. The van der Waals surface area contributed by atoms with Gasteiger partial charge >= 0.3 is 0 Å². The molecule has 0 radical (unpaired) electrons. The van der Waals surface area contributed by atoms with Crippen LogP contribution in [0.1, 0.15) is 18.5 Å². The second-order valence-corrected chi connectivity index (χ2v) is 4.10. The van der Waals surface area contributed by atoms with Crippen molar-refractivity contribution in [2.75, 3.05) is 6.54 Å². The van der Waals surface area contributed by atoms with Crippen molar-refractivity contribution in [2.45, 2.75) is 19.3 Å². The molecule has 0 atom stereocenters. The van der Waals surface area contributed by atoms with Gasteiger partial charge in [-0.05, 0) is 31.2 Å². The van der Waals surface area contributed by atoms with Crippen LogP contribution in [0, 0.1) is 5.41 Å². The van der Waals surface area contributed by atoms with Gasteiger partial charge < -0.3 is 5.73 Å². The van der Waals surface area contributed by atoms with Crippen LogP contribution in [-0.4, -0.2) is 16.5 Å². The third-order valence-electron chi connectivity index (χ3n) is 2.62. The van der Waals surface area contributed by atoms with E-state index in [1.54, 1.807) is 12.4 Å². The molecule has 0 spiro atoms. The highest BCUT2D eigenvalue weighted by Gasteiger charge is 2.41. The fourth-order valence-corrected chi connectivity index (χ4v) is 1.54. The van der Waals surface area contributed by atoms with Crippen LogP contribution in [-0.2, 0) is 6.42 Å². The van der Waals surface area contributed by atoms with E-state index in [1.165, 1.54) is 12.8 Å². The summed E-state index contributed by atoms with van der Waals surface area (Å²) >= 11 is 5.63. The SMILES string of the molecule is NCC1(Cc2cnc(Cl)cn2)CC1. The maximum Gasteiger partial charge on any atom is 0.147 e. The molecular formula is C9H12ClN3. The van der Waals surface area contributed by atoms with Gasteiger partial charge in [0, 0.05) is 0 Å². The van der Waals surface area contributed by atoms with E-state index >= 15 is 0 Å². The maximum absolute atomic E-state index is 5.67. The van der Waals surface area contributed by atoms with Crippen LogP contribution in [0.5, 0.6) is 0 Å². The van der Waals surface area contributed by atoms with Gasteiger partial charge in [0.15, 0.2) is 0 Å². The zero-order chi connectivity index (χ0) is 9.31. The molecule has 0 unspecified atom stereocenters. The molecule has 2 rings (SSSR count). The van der Waals surface area contributed by atoms with Gasteiger partial charge in [-0.1, -0.05) is 11.6 Å². The Kier molecular flexibility index (Phi) is 2.22. The molecule has 0 amide bonds. The summed E-state index contributed by atoms with van der Waals surface area (Å²) in [6.07, 6.45) is 6.69. The number of halogens is 1. The Hall–Kier alpha value is -0.670. The standard InChI is InChI=1S/C9H12ClN3/c10-8-5-12-7(4-13-8)3-9(6-11)1-2-9/h4-5H,1-3,6,11H2. The highest BCUT2D eigenvalue weighted by molar-refractivity contribution is 6.29. The number of rotatable bonds is 3. The third kappa shape index (κ3) is 1.98. The largest absolute Gasteiger partial charge is 0.330 e. The quantitative estimate of drug-likeness (QED) is 0.797. The average molecular weight is 198 g/mol. The predicted molar refractivity (Wildman–Crippen MR) is 51.5 cm³/mol. The third-order valence-corrected chi connectivity index (χ3v) is 2.82. The van der Waals surface area contributed by atoms with E-state index in [1.807, 2.05) is 0 Å². The van der Waals surface area contributed by atoms with Crippen molar-refractivity contribution in [1.82, 2.24) is 9.97 Å². The summed E-state index contributed by atoms with van der Waals surface area (Å²) in [4.78, 5) is 8.19. The normalized spacial score (nSPS) is 18.6. The van der Waals surface area contributed by atoms with Gasteiger partial charge in [0.2, 0.25) is 0 Å². The van der Waals surface area contributed by atoms with Crippen LogP contribution < -0.4 is 5.73 Å². The Bertz CT molecular complexity index is 292. The summed E-state index contributed by atoms with van der Waals surface area (Å²) in [6.45, 7) is 0.747. The lowest BCUT2D eigenvalue weighted by Crippen LogP contribution is -2.18. The lowest BCUT2D eigenvalue weighted by atomic mass is 10.0. The summed E-state index contributed by atoms with van der Waals surface area (Å²) in [7, 11) is 0. The minimum Gasteiger partial charge on any atom is -0.330 e. The van der Waals surface area contributed by atoms with E-state index < -0.39 is 0 Å². The molecule has 1 fully saturated rings.